The van der Waals surface area contributed by atoms with Crippen LogP contribution < -0.4 is 0 Å². The van der Waals surface area contributed by atoms with E-state index in [0.29, 0.717) is 11.3 Å². The van der Waals surface area contributed by atoms with E-state index in [2.05, 4.69) is 26.8 Å². The molecule has 3 saturated carbocycles. The maximum atomic E-state index is 8.94. The maximum absolute atomic E-state index is 8.94. The average Bonchev–Trinajstić information content (AvgIpc) is 2.16. The molecule has 3 fully saturated rings. The van der Waals surface area contributed by atoms with E-state index in [0.717, 1.165) is 11.8 Å². The maximum Gasteiger partial charge on any atom is 0.0655 e. The second kappa shape index (κ2) is 2.74. The summed E-state index contributed by atoms with van der Waals surface area (Å²) in [6, 6.07) is 2.43. The van der Waals surface area contributed by atoms with Crippen molar-refractivity contribution in [3.63, 3.8) is 0 Å². The van der Waals surface area contributed by atoms with Crippen molar-refractivity contribution in [1.82, 2.24) is 0 Å². The number of nitriles is 1. The van der Waals surface area contributed by atoms with E-state index in [1.54, 1.807) is 0 Å². The van der Waals surface area contributed by atoms with Crippen molar-refractivity contribution in [3.8, 4) is 6.07 Å². The first-order valence-corrected chi connectivity index (χ1v) is 5.47. The van der Waals surface area contributed by atoms with Gasteiger partial charge in [0, 0.05) is 5.92 Å². The largest absolute Gasteiger partial charge is 0.198 e. The van der Waals surface area contributed by atoms with E-state index >= 15 is 0 Å². The number of nitrogens with zero attached hydrogens (tertiary/aromatic N) is 1. The highest BCUT2D eigenvalue weighted by atomic mass is 14.6. The summed E-state index contributed by atoms with van der Waals surface area (Å²) in [5.74, 6) is 2.75. The lowest BCUT2D eigenvalue weighted by Gasteiger charge is -2.60. The summed E-state index contributed by atoms with van der Waals surface area (Å²) in [5.41, 5.74) is 0.536. The van der Waals surface area contributed by atoms with E-state index in [1.807, 2.05) is 0 Å². The van der Waals surface area contributed by atoms with Crippen LogP contribution in [0.5, 0.6) is 0 Å². The van der Waals surface area contributed by atoms with E-state index < -0.39 is 0 Å². The van der Waals surface area contributed by atoms with Gasteiger partial charge in [-0.15, -0.1) is 0 Å². The summed E-state index contributed by atoms with van der Waals surface area (Å²) in [6.07, 6.45) is 4.05. The van der Waals surface area contributed by atoms with Gasteiger partial charge in [0.05, 0.1) is 6.07 Å². The van der Waals surface area contributed by atoms with Crippen LogP contribution in [0.1, 0.15) is 40.0 Å². The SMILES string of the molecule is CC(C#N)C1CCC2CC1C2(C)C. The summed E-state index contributed by atoms with van der Waals surface area (Å²) in [4.78, 5) is 0. The third-order valence-corrected chi connectivity index (χ3v) is 4.76. The van der Waals surface area contributed by atoms with Crippen LogP contribution >= 0.6 is 0 Å². The Morgan fingerprint density at radius 3 is 2.54 bits per heavy atom. The topological polar surface area (TPSA) is 23.8 Å². The molecule has 0 aromatic rings. The molecule has 0 N–H and O–H groups in total. The van der Waals surface area contributed by atoms with Crippen molar-refractivity contribution in [3.05, 3.63) is 0 Å². The van der Waals surface area contributed by atoms with Gasteiger partial charge in [-0.1, -0.05) is 13.8 Å². The van der Waals surface area contributed by atoms with Gasteiger partial charge in [0.2, 0.25) is 0 Å². The molecule has 3 rings (SSSR count). The zero-order valence-corrected chi connectivity index (χ0v) is 8.88. The molecule has 3 aliphatic carbocycles. The number of fused-ring (bicyclic) bond motifs is 2. The van der Waals surface area contributed by atoms with Gasteiger partial charge in [-0.25, -0.2) is 0 Å². The first-order chi connectivity index (χ1) is 6.07. The van der Waals surface area contributed by atoms with Crippen LogP contribution in [0, 0.1) is 40.4 Å². The highest BCUT2D eigenvalue weighted by Gasteiger charge is 2.55. The highest BCUT2D eigenvalue weighted by molar-refractivity contribution is 5.06. The molecule has 2 bridgehead atoms. The van der Waals surface area contributed by atoms with Crippen LogP contribution in [0.25, 0.3) is 0 Å². The Kier molecular flexibility index (Phi) is 1.91. The number of rotatable bonds is 1. The highest BCUT2D eigenvalue weighted by Crippen LogP contribution is 2.62. The molecular formula is C12H19N. The lowest BCUT2D eigenvalue weighted by molar-refractivity contribution is -0.113. The van der Waals surface area contributed by atoms with E-state index in [1.165, 1.54) is 19.3 Å². The molecule has 13 heavy (non-hydrogen) atoms. The van der Waals surface area contributed by atoms with Gasteiger partial charge in [-0.3, -0.25) is 0 Å². The Hall–Kier alpha value is -0.510. The second-order valence-corrected chi connectivity index (χ2v) is 5.52. The zero-order chi connectivity index (χ0) is 9.64. The van der Waals surface area contributed by atoms with Gasteiger partial charge in [0.1, 0.15) is 0 Å². The van der Waals surface area contributed by atoms with Crippen molar-refractivity contribution >= 4 is 0 Å². The minimum atomic E-state index is 0.269. The lowest BCUT2D eigenvalue weighted by Crippen LogP contribution is -2.53. The zero-order valence-electron chi connectivity index (χ0n) is 8.88. The Labute approximate surface area is 81.1 Å². The standard InChI is InChI=1S/C12H19N/c1-8(7-13)10-5-4-9-6-11(10)12(9,2)3/h8-11H,4-6H2,1-3H3. The average molecular weight is 177 g/mol. The quantitative estimate of drug-likeness (QED) is 0.603. The number of hydrogen-bond acceptors (Lipinski definition) is 1. The summed E-state index contributed by atoms with van der Waals surface area (Å²) >= 11 is 0. The minimum Gasteiger partial charge on any atom is -0.198 e. The first kappa shape index (κ1) is 9.06. The first-order valence-electron chi connectivity index (χ1n) is 5.47. The van der Waals surface area contributed by atoms with Gasteiger partial charge >= 0.3 is 0 Å². The lowest BCUT2D eigenvalue weighted by atomic mass is 9.44. The molecule has 0 aliphatic heterocycles. The van der Waals surface area contributed by atoms with Gasteiger partial charge in [0.15, 0.2) is 0 Å². The molecule has 4 atom stereocenters. The van der Waals surface area contributed by atoms with Crippen molar-refractivity contribution < 1.29 is 0 Å². The molecule has 3 aliphatic rings. The minimum absolute atomic E-state index is 0.269. The van der Waals surface area contributed by atoms with Crippen molar-refractivity contribution in [1.29, 1.82) is 5.26 Å². The fourth-order valence-electron chi connectivity index (χ4n) is 3.56. The predicted octanol–water partition coefficient (Wildman–Crippen LogP) is 3.22. The Balaban J connectivity index is 2.12. The fraction of sp³-hybridized carbons (Fsp3) is 0.917. The Bertz CT molecular complexity index is 246. The molecule has 0 aromatic heterocycles. The van der Waals surface area contributed by atoms with E-state index in [4.69, 9.17) is 5.26 Å². The van der Waals surface area contributed by atoms with Crippen LogP contribution in [0.3, 0.4) is 0 Å². The monoisotopic (exact) mass is 177 g/mol. The molecule has 0 heterocycles. The van der Waals surface area contributed by atoms with Crippen LogP contribution in [0.2, 0.25) is 0 Å². The normalized spacial score (nSPS) is 43.1. The van der Waals surface area contributed by atoms with E-state index in [9.17, 15) is 0 Å². The molecule has 0 radical (unpaired) electrons. The molecule has 0 saturated heterocycles. The fourth-order valence-corrected chi connectivity index (χ4v) is 3.56. The van der Waals surface area contributed by atoms with Crippen LogP contribution in [-0.4, -0.2) is 0 Å². The van der Waals surface area contributed by atoms with Crippen LogP contribution in [-0.2, 0) is 0 Å². The van der Waals surface area contributed by atoms with Gasteiger partial charge in [-0.05, 0) is 49.4 Å². The second-order valence-electron chi connectivity index (χ2n) is 5.52. The number of hydrogen-bond donors (Lipinski definition) is 0. The Morgan fingerprint density at radius 2 is 2.08 bits per heavy atom. The van der Waals surface area contributed by atoms with Crippen molar-refractivity contribution in [2.45, 2.75) is 40.0 Å². The predicted molar refractivity (Wildman–Crippen MR) is 52.9 cm³/mol. The van der Waals surface area contributed by atoms with Crippen molar-refractivity contribution in [2.75, 3.05) is 0 Å². The third kappa shape index (κ3) is 1.11. The molecule has 0 aromatic carbocycles. The van der Waals surface area contributed by atoms with Crippen LogP contribution in [0.15, 0.2) is 0 Å². The summed E-state index contributed by atoms with van der Waals surface area (Å²) in [6.45, 7) is 6.88. The summed E-state index contributed by atoms with van der Waals surface area (Å²) < 4.78 is 0. The van der Waals surface area contributed by atoms with Crippen LogP contribution in [0.4, 0.5) is 0 Å². The molecule has 1 nitrogen and oxygen atoms in total. The Morgan fingerprint density at radius 1 is 1.38 bits per heavy atom. The molecule has 4 unspecified atom stereocenters. The van der Waals surface area contributed by atoms with Gasteiger partial charge in [-0.2, -0.15) is 5.26 Å². The van der Waals surface area contributed by atoms with Crippen molar-refractivity contribution in [2.24, 2.45) is 29.1 Å². The smallest absolute Gasteiger partial charge is 0.0655 e. The summed E-state index contributed by atoms with van der Waals surface area (Å²) in [7, 11) is 0. The molecular weight excluding hydrogens is 158 g/mol. The molecule has 72 valence electrons. The molecule has 0 amide bonds. The molecule has 1 heteroatoms. The van der Waals surface area contributed by atoms with E-state index in [-0.39, 0.29) is 5.92 Å². The van der Waals surface area contributed by atoms with Gasteiger partial charge < -0.3 is 0 Å². The third-order valence-electron chi connectivity index (χ3n) is 4.76. The van der Waals surface area contributed by atoms with Gasteiger partial charge in [0.25, 0.3) is 0 Å². The molecule has 0 spiro atoms. The summed E-state index contributed by atoms with van der Waals surface area (Å²) in [5, 5.41) is 8.94.